The van der Waals surface area contributed by atoms with Gasteiger partial charge in [-0.1, -0.05) is 23.7 Å². The van der Waals surface area contributed by atoms with Crippen LogP contribution in [0.2, 0.25) is 5.02 Å². The van der Waals surface area contributed by atoms with Crippen molar-refractivity contribution in [3.8, 4) is 0 Å². The number of halogens is 1. The number of nitrogens with one attached hydrogen (secondary N) is 1. The number of para-hydroxylation sites is 1. The van der Waals surface area contributed by atoms with Crippen LogP contribution >= 0.6 is 23.8 Å². The minimum atomic E-state index is 0.668. The molecule has 3 rings (SSSR count). The molecule has 0 fully saturated rings. The lowest BCUT2D eigenvalue weighted by atomic mass is 10.2. The van der Waals surface area contributed by atoms with E-state index in [1.807, 2.05) is 41.1 Å². The maximum absolute atomic E-state index is 6.14. The average Bonchev–Trinajstić information content (AvgIpc) is 2.70. The van der Waals surface area contributed by atoms with Crippen LogP contribution in [0.25, 0.3) is 11.0 Å². The number of aromatic amines is 1. The molecule has 0 aliphatic heterocycles. The second-order valence-corrected chi connectivity index (χ2v) is 4.81. The van der Waals surface area contributed by atoms with Gasteiger partial charge in [0.1, 0.15) is 0 Å². The van der Waals surface area contributed by atoms with E-state index in [0.717, 1.165) is 16.6 Å². The molecular weight excluding hydrogens is 266 g/mol. The van der Waals surface area contributed by atoms with E-state index < -0.39 is 0 Å². The maximum Gasteiger partial charge on any atom is 0.178 e. The van der Waals surface area contributed by atoms with Crippen LogP contribution < -0.4 is 0 Å². The summed E-state index contributed by atoms with van der Waals surface area (Å²) in [6.45, 7) is 0.688. The first kappa shape index (κ1) is 11.4. The second kappa shape index (κ2) is 4.55. The predicted octanol–water partition coefficient (Wildman–Crippen LogP) is 3.80. The summed E-state index contributed by atoms with van der Waals surface area (Å²) >= 11 is 11.5. The van der Waals surface area contributed by atoms with E-state index in [1.54, 1.807) is 6.20 Å². The molecule has 0 unspecified atom stereocenters. The highest BCUT2D eigenvalue weighted by molar-refractivity contribution is 7.71. The average molecular weight is 276 g/mol. The van der Waals surface area contributed by atoms with E-state index in [4.69, 9.17) is 23.8 Å². The summed E-state index contributed by atoms with van der Waals surface area (Å²) in [6, 6.07) is 9.72. The van der Waals surface area contributed by atoms with Gasteiger partial charge < -0.3 is 9.55 Å². The van der Waals surface area contributed by atoms with Crippen molar-refractivity contribution in [3.05, 3.63) is 58.1 Å². The van der Waals surface area contributed by atoms with Crippen LogP contribution in [0.3, 0.4) is 0 Å². The van der Waals surface area contributed by atoms with Crippen molar-refractivity contribution in [1.82, 2.24) is 14.5 Å². The number of aromatic nitrogens is 3. The third-order valence-corrected chi connectivity index (χ3v) is 3.46. The first-order valence-corrected chi connectivity index (χ1v) is 6.30. The molecule has 0 amide bonds. The molecule has 1 aromatic carbocycles. The van der Waals surface area contributed by atoms with E-state index in [-0.39, 0.29) is 0 Å². The number of benzene rings is 1. The summed E-state index contributed by atoms with van der Waals surface area (Å²) in [5.41, 5.74) is 3.00. The summed E-state index contributed by atoms with van der Waals surface area (Å²) in [7, 11) is 0. The Hall–Kier alpha value is -1.65. The van der Waals surface area contributed by atoms with E-state index in [1.165, 1.54) is 0 Å². The van der Waals surface area contributed by atoms with Crippen LogP contribution in [-0.4, -0.2) is 14.5 Å². The van der Waals surface area contributed by atoms with Crippen LogP contribution in [0.15, 0.2) is 42.7 Å². The molecule has 0 saturated carbocycles. The highest BCUT2D eigenvalue weighted by Crippen LogP contribution is 2.23. The Bertz CT molecular complexity index is 746. The highest BCUT2D eigenvalue weighted by atomic mass is 35.5. The minimum absolute atomic E-state index is 0.668. The highest BCUT2D eigenvalue weighted by Gasteiger charge is 2.07. The molecule has 0 aliphatic rings. The van der Waals surface area contributed by atoms with Crippen molar-refractivity contribution >= 4 is 34.9 Å². The molecule has 2 heterocycles. The molecular formula is C13H10ClN3S. The number of nitrogens with zero attached hydrogens (tertiary/aromatic N) is 2. The molecule has 0 aliphatic carbocycles. The van der Waals surface area contributed by atoms with E-state index in [9.17, 15) is 0 Å². The van der Waals surface area contributed by atoms with Gasteiger partial charge in [0.25, 0.3) is 0 Å². The molecule has 5 heteroatoms. The number of hydrogen-bond donors (Lipinski definition) is 1. The van der Waals surface area contributed by atoms with Crippen LogP contribution in [0.4, 0.5) is 0 Å². The molecule has 2 aromatic heterocycles. The van der Waals surface area contributed by atoms with Crippen molar-refractivity contribution in [2.75, 3.05) is 0 Å². The van der Waals surface area contributed by atoms with Gasteiger partial charge in [0.2, 0.25) is 0 Å². The summed E-state index contributed by atoms with van der Waals surface area (Å²) in [4.78, 5) is 7.25. The summed E-state index contributed by atoms with van der Waals surface area (Å²) in [5.74, 6) is 0. The lowest BCUT2D eigenvalue weighted by Gasteiger charge is -2.04. The minimum Gasteiger partial charge on any atom is -0.329 e. The Morgan fingerprint density at radius 2 is 2.17 bits per heavy atom. The van der Waals surface area contributed by atoms with Crippen molar-refractivity contribution in [2.24, 2.45) is 0 Å². The molecule has 3 aromatic rings. The molecule has 0 spiro atoms. The van der Waals surface area contributed by atoms with Crippen molar-refractivity contribution in [2.45, 2.75) is 6.54 Å². The fourth-order valence-corrected chi connectivity index (χ4v) is 2.46. The van der Waals surface area contributed by atoms with Crippen molar-refractivity contribution in [3.63, 3.8) is 0 Å². The first-order valence-electron chi connectivity index (χ1n) is 5.51. The van der Waals surface area contributed by atoms with Gasteiger partial charge in [0.05, 0.1) is 22.6 Å². The third-order valence-electron chi connectivity index (χ3n) is 2.82. The number of fused-ring (bicyclic) bond motifs is 1. The Kier molecular flexibility index (Phi) is 2.89. The van der Waals surface area contributed by atoms with Crippen molar-refractivity contribution in [1.29, 1.82) is 0 Å². The van der Waals surface area contributed by atoms with E-state index in [0.29, 0.717) is 16.3 Å². The van der Waals surface area contributed by atoms with Gasteiger partial charge in [-0.2, -0.15) is 0 Å². The largest absolute Gasteiger partial charge is 0.329 e. The van der Waals surface area contributed by atoms with Gasteiger partial charge in [-0.15, -0.1) is 0 Å². The topological polar surface area (TPSA) is 33.6 Å². The Balaban J connectivity index is 2.15. The SMILES string of the molecule is S=c1[nH]c2c(Cl)cccc2n1Cc1cccnc1. The zero-order chi connectivity index (χ0) is 12.5. The quantitative estimate of drug-likeness (QED) is 0.722. The monoisotopic (exact) mass is 275 g/mol. The number of H-pyrrole nitrogens is 1. The Morgan fingerprint density at radius 3 is 2.94 bits per heavy atom. The van der Waals surface area contributed by atoms with Gasteiger partial charge in [-0.05, 0) is 36.0 Å². The fraction of sp³-hybridized carbons (Fsp3) is 0.0769. The molecule has 90 valence electrons. The molecule has 1 N–H and O–H groups in total. The molecule has 3 nitrogen and oxygen atoms in total. The van der Waals surface area contributed by atoms with Gasteiger partial charge in [-0.3, -0.25) is 4.98 Å². The molecule has 0 radical (unpaired) electrons. The Labute approximate surface area is 114 Å². The molecule has 0 bridgehead atoms. The third kappa shape index (κ3) is 1.94. The van der Waals surface area contributed by atoms with Crippen LogP contribution in [-0.2, 0) is 6.54 Å². The zero-order valence-corrected chi connectivity index (χ0v) is 11.0. The first-order chi connectivity index (χ1) is 8.75. The standard InChI is InChI=1S/C13H10ClN3S/c14-10-4-1-5-11-12(10)16-13(18)17(11)8-9-3-2-6-15-7-9/h1-7H,8H2,(H,16,18). The number of rotatable bonds is 2. The summed E-state index contributed by atoms with van der Waals surface area (Å²) in [6.07, 6.45) is 3.60. The zero-order valence-electron chi connectivity index (χ0n) is 9.43. The summed E-state index contributed by atoms with van der Waals surface area (Å²) < 4.78 is 2.69. The fourth-order valence-electron chi connectivity index (χ4n) is 1.98. The van der Waals surface area contributed by atoms with Gasteiger partial charge in [-0.25, -0.2) is 0 Å². The van der Waals surface area contributed by atoms with Crippen LogP contribution in [0, 0.1) is 4.77 Å². The molecule has 0 saturated heterocycles. The number of pyridine rings is 1. The smallest absolute Gasteiger partial charge is 0.178 e. The van der Waals surface area contributed by atoms with Gasteiger partial charge in [0.15, 0.2) is 4.77 Å². The maximum atomic E-state index is 6.14. The number of hydrogen-bond acceptors (Lipinski definition) is 2. The second-order valence-electron chi connectivity index (χ2n) is 4.01. The van der Waals surface area contributed by atoms with Crippen LogP contribution in [0.1, 0.15) is 5.56 Å². The predicted molar refractivity (Wildman–Crippen MR) is 75.5 cm³/mol. The van der Waals surface area contributed by atoms with Gasteiger partial charge >= 0.3 is 0 Å². The van der Waals surface area contributed by atoms with E-state index in [2.05, 4.69) is 9.97 Å². The van der Waals surface area contributed by atoms with Crippen LogP contribution in [0.5, 0.6) is 0 Å². The molecule has 18 heavy (non-hydrogen) atoms. The van der Waals surface area contributed by atoms with Gasteiger partial charge in [0, 0.05) is 12.4 Å². The lowest BCUT2D eigenvalue weighted by Crippen LogP contribution is -1.99. The van der Waals surface area contributed by atoms with Crippen molar-refractivity contribution < 1.29 is 0 Å². The normalized spacial score (nSPS) is 10.9. The summed E-state index contributed by atoms with van der Waals surface area (Å²) in [5, 5.41) is 0.684. The molecule has 0 atom stereocenters. The van der Waals surface area contributed by atoms with E-state index >= 15 is 0 Å². The lowest BCUT2D eigenvalue weighted by molar-refractivity contribution is 0.806. The Morgan fingerprint density at radius 1 is 1.28 bits per heavy atom. The number of imidazole rings is 1.